The first-order valence-corrected chi connectivity index (χ1v) is 8.79. The van der Waals surface area contributed by atoms with Gasteiger partial charge in [0.1, 0.15) is 12.2 Å². The van der Waals surface area contributed by atoms with Gasteiger partial charge in [-0.3, -0.25) is 9.48 Å². The van der Waals surface area contributed by atoms with Crippen molar-refractivity contribution in [1.82, 2.24) is 15.1 Å². The van der Waals surface area contributed by atoms with Crippen LogP contribution in [-0.2, 0) is 11.3 Å². The minimum Gasteiger partial charge on any atom is -0.394 e. The first-order chi connectivity index (χ1) is 12.5. The number of ether oxygens (including phenoxy) is 1. The average Bonchev–Trinajstić information content (AvgIpc) is 2.94. The lowest BCUT2D eigenvalue weighted by Crippen LogP contribution is -2.54. The summed E-state index contributed by atoms with van der Waals surface area (Å²) in [4.78, 5) is 12.6. The fourth-order valence-electron chi connectivity index (χ4n) is 3.26. The van der Waals surface area contributed by atoms with Gasteiger partial charge < -0.3 is 20.3 Å². The normalized spacial score (nSPS) is 23.0. The molecule has 3 atom stereocenters. The minimum absolute atomic E-state index is 0.247. The maximum atomic E-state index is 12.6. The molecule has 2 heterocycles. The highest BCUT2D eigenvalue weighted by molar-refractivity contribution is 5.94. The summed E-state index contributed by atoms with van der Waals surface area (Å²) in [5, 5.41) is 26.7. The van der Waals surface area contributed by atoms with Gasteiger partial charge in [-0.2, -0.15) is 5.10 Å². The molecule has 1 aromatic heterocycles. The number of hydrogen-bond acceptors (Lipinski definition) is 5. The Morgan fingerprint density at radius 1 is 1.38 bits per heavy atom. The van der Waals surface area contributed by atoms with E-state index in [2.05, 4.69) is 10.4 Å². The largest absolute Gasteiger partial charge is 0.394 e. The third kappa shape index (κ3) is 4.12. The van der Waals surface area contributed by atoms with E-state index in [1.165, 1.54) is 0 Å². The van der Waals surface area contributed by atoms with E-state index in [1.807, 2.05) is 42.8 Å². The molecule has 0 spiro atoms. The molecule has 0 aliphatic carbocycles. The van der Waals surface area contributed by atoms with Crippen molar-refractivity contribution in [3.8, 4) is 0 Å². The zero-order valence-electron chi connectivity index (χ0n) is 15.1. The number of nitrogens with one attached hydrogen (secondary N) is 1. The molecule has 0 saturated carbocycles. The van der Waals surface area contributed by atoms with Crippen LogP contribution in [0, 0.1) is 13.8 Å². The zero-order chi connectivity index (χ0) is 18.7. The Morgan fingerprint density at radius 2 is 2.19 bits per heavy atom. The van der Waals surface area contributed by atoms with E-state index < -0.39 is 18.2 Å². The number of aliphatic hydroxyl groups excluding tert-OH is 2. The van der Waals surface area contributed by atoms with E-state index in [9.17, 15) is 15.0 Å². The van der Waals surface area contributed by atoms with Crippen LogP contribution in [0.25, 0.3) is 0 Å². The van der Waals surface area contributed by atoms with Crippen molar-refractivity contribution < 1.29 is 19.7 Å². The summed E-state index contributed by atoms with van der Waals surface area (Å²) in [6.45, 7) is 4.66. The molecule has 3 N–H and O–H groups in total. The van der Waals surface area contributed by atoms with Crippen LogP contribution in [0.1, 0.15) is 33.7 Å². The van der Waals surface area contributed by atoms with Crippen LogP contribution < -0.4 is 5.32 Å². The van der Waals surface area contributed by atoms with Crippen LogP contribution in [-0.4, -0.2) is 57.4 Å². The Hall–Kier alpha value is -2.22. The summed E-state index contributed by atoms with van der Waals surface area (Å²) >= 11 is 0. The average molecular weight is 359 g/mol. The predicted molar refractivity (Wildman–Crippen MR) is 95.9 cm³/mol. The second-order valence-corrected chi connectivity index (χ2v) is 6.74. The first kappa shape index (κ1) is 18.6. The van der Waals surface area contributed by atoms with E-state index in [4.69, 9.17) is 4.74 Å². The first-order valence-electron chi connectivity index (χ1n) is 8.79. The van der Waals surface area contributed by atoms with Gasteiger partial charge in [0.05, 0.1) is 24.9 Å². The van der Waals surface area contributed by atoms with Crippen LogP contribution >= 0.6 is 0 Å². The summed E-state index contributed by atoms with van der Waals surface area (Å²) < 4.78 is 7.20. The number of aryl methyl sites for hydroxylation is 2. The molecule has 7 nitrogen and oxygen atoms in total. The molecular weight excluding hydrogens is 334 g/mol. The smallest absolute Gasteiger partial charge is 0.251 e. The fourth-order valence-corrected chi connectivity index (χ4v) is 3.26. The molecule has 1 aromatic carbocycles. The summed E-state index contributed by atoms with van der Waals surface area (Å²) in [5.41, 5.74) is 3.54. The number of benzene rings is 1. The molecule has 0 unspecified atom stereocenters. The number of aromatic nitrogens is 2. The molecular formula is C19H25N3O4. The highest BCUT2D eigenvalue weighted by Crippen LogP contribution is 2.16. The number of aliphatic hydroxyl groups is 2. The van der Waals surface area contributed by atoms with Gasteiger partial charge in [0, 0.05) is 17.9 Å². The quantitative estimate of drug-likeness (QED) is 0.733. The summed E-state index contributed by atoms with van der Waals surface area (Å²) in [6.07, 6.45) is -1.07. The molecule has 26 heavy (non-hydrogen) atoms. The molecule has 0 radical (unpaired) electrons. The van der Waals surface area contributed by atoms with Gasteiger partial charge in [-0.05, 0) is 44.0 Å². The topological polar surface area (TPSA) is 96.6 Å². The lowest BCUT2D eigenvalue weighted by molar-refractivity contribution is -0.107. The van der Waals surface area contributed by atoms with Crippen molar-refractivity contribution in [2.45, 2.75) is 45.1 Å². The van der Waals surface area contributed by atoms with Gasteiger partial charge in [0.25, 0.3) is 5.91 Å². The monoisotopic (exact) mass is 359 g/mol. The molecule has 140 valence electrons. The number of nitrogens with zero attached hydrogens (tertiary/aromatic N) is 2. The number of carbonyl (C=O) groups excluding carboxylic acids is 1. The molecule has 1 aliphatic rings. The van der Waals surface area contributed by atoms with E-state index in [0.717, 1.165) is 17.0 Å². The maximum absolute atomic E-state index is 12.6. The van der Waals surface area contributed by atoms with Crippen molar-refractivity contribution in [2.24, 2.45) is 0 Å². The van der Waals surface area contributed by atoms with Crippen LogP contribution in [0.3, 0.4) is 0 Å². The van der Waals surface area contributed by atoms with Crippen molar-refractivity contribution in [2.75, 3.05) is 13.2 Å². The van der Waals surface area contributed by atoms with Gasteiger partial charge in [-0.15, -0.1) is 0 Å². The van der Waals surface area contributed by atoms with Gasteiger partial charge >= 0.3 is 0 Å². The van der Waals surface area contributed by atoms with Crippen molar-refractivity contribution in [3.05, 3.63) is 52.8 Å². The van der Waals surface area contributed by atoms with Crippen molar-refractivity contribution >= 4 is 5.91 Å². The number of amides is 1. The molecule has 1 fully saturated rings. The van der Waals surface area contributed by atoms with Crippen molar-refractivity contribution in [1.29, 1.82) is 0 Å². The number of hydrogen-bond donors (Lipinski definition) is 3. The number of rotatable bonds is 5. The molecule has 1 aliphatic heterocycles. The van der Waals surface area contributed by atoms with E-state index in [0.29, 0.717) is 25.1 Å². The Bertz CT molecular complexity index is 774. The Kier molecular flexibility index (Phi) is 5.70. The van der Waals surface area contributed by atoms with Crippen LogP contribution in [0.5, 0.6) is 0 Å². The lowest BCUT2D eigenvalue weighted by Gasteiger charge is -2.34. The summed E-state index contributed by atoms with van der Waals surface area (Å²) in [6, 6.07) is 8.95. The predicted octanol–water partition coefficient (Wildman–Crippen LogP) is 0.789. The van der Waals surface area contributed by atoms with E-state index in [1.54, 1.807) is 6.07 Å². The van der Waals surface area contributed by atoms with Crippen LogP contribution in [0.15, 0.2) is 30.3 Å². The Labute approximate surface area is 152 Å². The molecule has 1 saturated heterocycles. The van der Waals surface area contributed by atoms with Gasteiger partial charge in [0.2, 0.25) is 0 Å². The zero-order valence-corrected chi connectivity index (χ0v) is 15.1. The highest BCUT2D eigenvalue weighted by atomic mass is 16.5. The number of carbonyl (C=O) groups is 1. The van der Waals surface area contributed by atoms with Crippen molar-refractivity contribution in [3.63, 3.8) is 0 Å². The molecule has 2 aromatic rings. The third-order valence-electron chi connectivity index (χ3n) is 4.68. The standard InChI is InChI=1S/C19H25N3O4/c1-12-8-13(2)22(21-12)10-14-4-3-5-15(9-14)19(25)20-16-6-7-26-17(11-23)18(16)24/h3-5,8-9,16-18,23-24H,6-7,10-11H2,1-2H3,(H,20,25)/t16-,17+,18-/m0/s1. The summed E-state index contributed by atoms with van der Waals surface area (Å²) in [7, 11) is 0. The Morgan fingerprint density at radius 3 is 2.88 bits per heavy atom. The molecule has 1 amide bonds. The Balaban J connectivity index is 1.69. The SMILES string of the molecule is Cc1cc(C)n(Cc2cccc(C(=O)N[C@H]3CCO[C@H](CO)[C@H]3O)c2)n1. The minimum atomic E-state index is -0.921. The van der Waals surface area contributed by atoms with Crippen LogP contribution in [0.2, 0.25) is 0 Å². The highest BCUT2D eigenvalue weighted by Gasteiger charge is 2.33. The third-order valence-corrected chi connectivity index (χ3v) is 4.68. The second-order valence-electron chi connectivity index (χ2n) is 6.74. The van der Waals surface area contributed by atoms with Gasteiger partial charge in [-0.1, -0.05) is 12.1 Å². The lowest BCUT2D eigenvalue weighted by atomic mass is 9.99. The second kappa shape index (κ2) is 7.99. The molecule has 0 bridgehead atoms. The van der Waals surface area contributed by atoms with Gasteiger partial charge in [0.15, 0.2) is 0 Å². The fraction of sp³-hybridized carbons (Fsp3) is 0.474. The molecule has 7 heteroatoms. The molecule has 3 rings (SSSR count). The van der Waals surface area contributed by atoms with Crippen LogP contribution in [0.4, 0.5) is 0 Å². The van der Waals surface area contributed by atoms with Gasteiger partial charge in [-0.25, -0.2) is 0 Å². The summed E-state index contributed by atoms with van der Waals surface area (Å²) in [5.74, 6) is -0.247. The van der Waals surface area contributed by atoms with E-state index in [-0.39, 0.29) is 12.5 Å². The maximum Gasteiger partial charge on any atom is 0.251 e. The van der Waals surface area contributed by atoms with E-state index >= 15 is 0 Å².